The number of nitrogens with zero attached hydrogens (tertiary/aromatic N) is 3. The smallest absolute Gasteiger partial charge is 0.313 e. The van der Waals surface area contributed by atoms with E-state index in [4.69, 9.17) is 9.84 Å². The number of hydrogen-bond donors (Lipinski definition) is 1. The molecule has 1 aliphatic rings. The van der Waals surface area contributed by atoms with Crippen molar-refractivity contribution < 1.29 is 14.6 Å². The largest absolute Gasteiger partial charge is 0.481 e. The van der Waals surface area contributed by atoms with Crippen LogP contribution in [0.3, 0.4) is 0 Å². The lowest BCUT2D eigenvalue weighted by Gasteiger charge is -2.23. The molecular weight excluding hydrogens is 266 g/mol. The van der Waals surface area contributed by atoms with Gasteiger partial charge in [-0.15, -0.1) is 10.2 Å². The van der Waals surface area contributed by atoms with Crippen molar-refractivity contribution in [3.8, 4) is 0 Å². The molecule has 2 heterocycles. The second kappa shape index (κ2) is 6.91. The van der Waals surface area contributed by atoms with E-state index in [1.807, 2.05) is 6.92 Å². The first-order valence-corrected chi connectivity index (χ1v) is 7.53. The summed E-state index contributed by atoms with van der Waals surface area (Å²) in [7, 11) is 0. The Morgan fingerprint density at radius 2 is 2.21 bits per heavy atom. The third-order valence-electron chi connectivity index (χ3n) is 3.22. The van der Waals surface area contributed by atoms with Gasteiger partial charge in [0.2, 0.25) is 0 Å². The molecule has 1 aromatic heterocycles. The number of carboxylic acid groups (broad SMARTS) is 1. The fraction of sp³-hybridized carbons (Fsp3) is 0.750. The predicted octanol–water partition coefficient (Wildman–Crippen LogP) is 1.44. The van der Waals surface area contributed by atoms with Crippen LogP contribution < -0.4 is 0 Å². The van der Waals surface area contributed by atoms with Crippen molar-refractivity contribution in [2.75, 3.05) is 19.0 Å². The zero-order chi connectivity index (χ0) is 13.7. The maximum absolute atomic E-state index is 10.7. The molecule has 0 saturated carbocycles. The molecule has 0 unspecified atom stereocenters. The Morgan fingerprint density at radius 1 is 1.47 bits per heavy atom. The van der Waals surface area contributed by atoms with E-state index in [0.717, 1.165) is 44.8 Å². The second-order valence-electron chi connectivity index (χ2n) is 4.60. The maximum atomic E-state index is 10.7. The summed E-state index contributed by atoms with van der Waals surface area (Å²) in [5, 5.41) is 17.7. The molecule has 7 heteroatoms. The zero-order valence-electron chi connectivity index (χ0n) is 11.0. The van der Waals surface area contributed by atoms with Gasteiger partial charge in [0.1, 0.15) is 5.82 Å². The molecule has 0 radical (unpaired) electrons. The van der Waals surface area contributed by atoms with E-state index in [2.05, 4.69) is 14.8 Å². The van der Waals surface area contributed by atoms with E-state index in [0.29, 0.717) is 11.1 Å². The third-order valence-corrected chi connectivity index (χ3v) is 4.17. The molecule has 2 rings (SSSR count). The number of aliphatic carboxylic acids is 1. The highest BCUT2D eigenvalue weighted by Crippen LogP contribution is 2.23. The molecule has 0 spiro atoms. The summed E-state index contributed by atoms with van der Waals surface area (Å²) in [6.45, 7) is 4.52. The Balaban J connectivity index is 2.06. The summed E-state index contributed by atoms with van der Waals surface area (Å²) in [4.78, 5) is 10.7. The normalized spacial score (nSPS) is 16.7. The van der Waals surface area contributed by atoms with Gasteiger partial charge in [-0.05, 0) is 18.8 Å². The van der Waals surface area contributed by atoms with Gasteiger partial charge in [-0.1, -0.05) is 18.7 Å². The lowest BCUT2D eigenvalue weighted by Crippen LogP contribution is -2.21. The molecule has 0 aromatic carbocycles. The average molecular weight is 285 g/mol. The van der Waals surface area contributed by atoms with Crippen molar-refractivity contribution >= 4 is 17.7 Å². The number of carboxylic acids is 1. The minimum Gasteiger partial charge on any atom is -0.481 e. The molecule has 0 bridgehead atoms. The predicted molar refractivity (Wildman–Crippen MR) is 71.3 cm³/mol. The first-order valence-electron chi connectivity index (χ1n) is 6.55. The average Bonchev–Trinajstić information content (AvgIpc) is 2.80. The summed E-state index contributed by atoms with van der Waals surface area (Å²) in [6, 6.07) is 0. The van der Waals surface area contributed by atoms with Crippen LogP contribution in [-0.2, 0) is 22.5 Å². The van der Waals surface area contributed by atoms with Gasteiger partial charge in [-0.2, -0.15) is 0 Å². The van der Waals surface area contributed by atoms with Crippen molar-refractivity contribution in [2.24, 2.45) is 5.92 Å². The van der Waals surface area contributed by atoms with Crippen LogP contribution in [0.1, 0.15) is 25.6 Å². The van der Waals surface area contributed by atoms with Gasteiger partial charge in [0, 0.05) is 26.2 Å². The van der Waals surface area contributed by atoms with Crippen LogP contribution in [-0.4, -0.2) is 44.8 Å². The van der Waals surface area contributed by atoms with Crippen molar-refractivity contribution in [2.45, 2.75) is 37.9 Å². The van der Waals surface area contributed by atoms with Crippen LogP contribution in [0.25, 0.3) is 0 Å². The molecule has 1 aromatic rings. The minimum atomic E-state index is -0.830. The van der Waals surface area contributed by atoms with Gasteiger partial charge >= 0.3 is 5.97 Å². The highest BCUT2D eigenvalue weighted by atomic mass is 32.2. The first kappa shape index (κ1) is 14.3. The van der Waals surface area contributed by atoms with Crippen LogP contribution >= 0.6 is 11.8 Å². The van der Waals surface area contributed by atoms with E-state index in [9.17, 15) is 4.79 Å². The Hall–Kier alpha value is -1.08. The Kier molecular flexibility index (Phi) is 5.21. The van der Waals surface area contributed by atoms with Gasteiger partial charge in [-0.25, -0.2) is 0 Å². The van der Waals surface area contributed by atoms with Crippen LogP contribution in [0, 0.1) is 5.92 Å². The highest BCUT2D eigenvalue weighted by Gasteiger charge is 2.19. The zero-order valence-corrected chi connectivity index (χ0v) is 11.9. The lowest BCUT2D eigenvalue weighted by molar-refractivity contribution is -0.133. The molecular formula is C12H19N3O3S. The van der Waals surface area contributed by atoms with Crippen LogP contribution in [0.2, 0.25) is 0 Å². The Bertz CT molecular complexity index is 430. The second-order valence-corrected chi connectivity index (χ2v) is 5.54. The molecule has 19 heavy (non-hydrogen) atoms. The fourth-order valence-corrected chi connectivity index (χ4v) is 2.87. The molecule has 1 fully saturated rings. The molecule has 0 amide bonds. The number of thioether (sulfide) groups is 1. The highest BCUT2D eigenvalue weighted by molar-refractivity contribution is 7.99. The summed E-state index contributed by atoms with van der Waals surface area (Å²) < 4.78 is 7.43. The molecule has 6 nitrogen and oxygen atoms in total. The molecule has 1 N–H and O–H groups in total. The number of aromatic nitrogens is 3. The quantitative estimate of drug-likeness (QED) is 0.797. The van der Waals surface area contributed by atoms with Crippen molar-refractivity contribution in [3.05, 3.63) is 5.82 Å². The maximum Gasteiger partial charge on any atom is 0.313 e. The molecule has 0 aliphatic carbocycles. The van der Waals surface area contributed by atoms with Gasteiger partial charge < -0.3 is 14.4 Å². The van der Waals surface area contributed by atoms with Crippen LogP contribution in [0.15, 0.2) is 5.16 Å². The SMILES string of the molecule is CCc1nnc(SCC(=O)O)n1CC1CCOCC1. The number of aryl methyl sites for hydroxylation is 1. The summed E-state index contributed by atoms with van der Waals surface area (Å²) in [6.07, 6.45) is 2.90. The summed E-state index contributed by atoms with van der Waals surface area (Å²) in [5.74, 6) is 0.692. The van der Waals surface area contributed by atoms with Crippen molar-refractivity contribution in [1.82, 2.24) is 14.8 Å². The van der Waals surface area contributed by atoms with Gasteiger partial charge in [0.25, 0.3) is 0 Å². The topological polar surface area (TPSA) is 77.2 Å². The van der Waals surface area contributed by atoms with E-state index < -0.39 is 5.97 Å². The van der Waals surface area contributed by atoms with E-state index in [1.54, 1.807) is 0 Å². The van der Waals surface area contributed by atoms with E-state index in [-0.39, 0.29) is 5.75 Å². The molecule has 106 valence electrons. The number of carbonyl (C=O) groups is 1. The van der Waals surface area contributed by atoms with Gasteiger partial charge in [0.15, 0.2) is 5.16 Å². The van der Waals surface area contributed by atoms with E-state index >= 15 is 0 Å². The molecule has 0 atom stereocenters. The van der Waals surface area contributed by atoms with Crippen LogP contribution in [0.5, 0.6) is 0 Å². The van der Waals surface area contributed by atoms with Gasteiger partial charge in [0.05, 0.1) is 5.75 Å². The standard InChI is InChI=1S/C12H19N3O3S/c1-2-10-13-14-12(19-8-11(16)17)15(10)7-9-3-5-18-6-4-9/h9H,2-8H2,1H3,(H,16,17). The monoisotopic (exact) mass is 285 g/mol. The number of hydrogen-bond acceptors (Lipinski definition) is 5. The van der Waals surface area contributed by atoms with Crippen molar-refractivity contribution in [1.29, 1.82) is 0 Å². The molecule has 1 saturated heterocycles. The first-order chi connectivity index (χ1) is 9.20. The lowest BCUT2D eigenvalue weighted by atomic mass is 10.0. The van der Waals surface area contributed by atoms with Gasteiger partial charge in [-0.3, -0.25) is 4.79 Å². The number of ether oxygens (including phenoxy) is 1. The minimum absolute atomic E-state index is 0.0234. The summed E-state index contributed by atoms with van der Waals surface area (Å²) in [5.41, 5.74) is 0. The summed E-state index contributed by atoms with van der Waals surface area (Å²) >= 11 is 1.24. The number of rotatable bonds is 6. The van der Waals surface area contributed by atoms with E-state index in [1.165, 1.54) is 11.8 Å². The molecule has 1 aliphatic heterocycles. The van der Waals surface area contributed by atoms with Crippen molar-refractivity contribution in [3.63, 3.8) is 0 Å². The third kappa shape index (κ3) is 3.94. The Morgan fingerprint density at radius 3 is 2.84 bits per heavy atom. The Labute approximate surface area is 116 Å². The van der Waals surface area contributed by atoms with Crippen LogP contribution in [0.4, 0.5) is 0 Å². The fourth-order valence-electron chi connectivity index (χ4n) is 2.18.